The van der Waals surface area contributed by atoms with Crippen molar-refractivity contribution >= 4 is 36.0 Å². The number of guanidine groups is 1. The number of nitrogens with one attached hydrogen (secondary N) is 3. The summed E-state index contributed by atoms with van der Waals surface area (Å²) < 4.78 is 16.2. The van der Waals surface area contributed by atoms with Crippen LogP contribution in [0.3, 0.4) is 0 Å². The summed E-state index contributed by atoms with van der Waals surface area (Å²) in [6.45, 7) is 13.8. The van der Waals surface area contributed by atoms with Crippen LogP contribution in [0, 0.1) is 11.8 Å². The number of hydrogen-bond donors (Lipinski definition) is 3. The maximum Gasteiger partial charge on any atom is 0.407 e. The second-order valence-electron chi connectivity index (χ2n) is 7.82. The zero-order valence-corrected chi connectivity index (χ0v) is 21.5. The highest BCUT2D eigenvalue weighted by Gasteiger charge is 2.15. The van der Waals surface area contributed by atoms with E-state index in [-0.39, 0.29) is 36.1 Å². The fourth-order valence-corrected chi connectivity index (χ4v) is 3.17. The Hall–Kier alpha value is -0.810. The zero-order valence-electron chi connectivity index (χ0n) is 19.2. The van der Waals surface area contributed by atoms with Gasteiger partial charge in [0.1, 0.15) is 0 Å². The first-order valence-electron chi connectivity index (χ1n) is 11.2. The van der Waals surface area contributed by atoms with Gasteiger partial charge in [0, 0.05) is 39.5 Å². The Morgan fingerprint density at radius 2 is 1.93 bits per heavy atom. The van der Waals surface area contributed by atoms with Crippen molar-refractivity contribution < 1.29 is 19.0 Å². The van der Waals surface area contributed by atoms with Gasteiger partial charge in [-0.05, 0) is 51.4 Å². The molecular formula is C21H43IN4O4. The molecule has 1 unspecified atom stereocenters. The number of aliphatic imine (C=N–C) groups is 1. The van der Waals surface area contributed by atoms with Gasteiger partial charge in [0.2, 0.25) is 0 Å². The van der Waals surface area contributed by atoms with Crippen molar-refractivity contribution in [3.8, 4) is 0 Å². The molecule has 9 heteroatoms. The van der Waals surface area contributed by atoms with Gasteiger partial charge < -0.3 is 30.2 Å². The van der Waals surface area contributed by atoms with Gasteiger partial charge >= 0.3 is 6.09 Å². The lowest BCUT2D eigenvalue weighted by Crippen LogP contribution is -2.42. The van der Waals surface area contributed by atoms with Crippen molar-refractivity contribution in [2.75, 3.05) is 52.7 Å². The van der Waals surface area contributed by atoms with Gasteiger partial charge in [-0.1, -0.05) is 13.8 Å². The quantitative estimate of drug-likeness (QED) is 0.143. The maximum atomic E-state index is 11.8. The minimum Gasteiger partial charge on any atom is -0.450 e. The highest BCUT2D eigenvalue weighted by Crippen LogP contribution is 2.14. The Balaban J connectivity index is 0.00000841. The molecule has 0 radical (unpaired) electrons. The molecule has 178 valence electrons. The van der Waals surface area contributed by atoms with E-state index in [0.29, 0.717) is 25.0 Å². The zero-order chi connectivity index (χ0) is 21.3. The topological polar surface area (TPSA) is 93.2 Å². The molecule has 1 amide bonds. The normalized spacial score (nSPS) is 16.0. The van der Waals surface area contributed by atoms with Crippen molar-refractivity contribution in [3.63, 3.8) is 0 Å². The van der Waals surface area contributed by atoms with Crippen LogP contribution in [0.5, 0.6) is 0 Å². The molecule has 0 aromatic heterocycles. The third-order valence-corrected chi connectivity index (χ3v) is 4.62. The van der Waals surface area contributed by atoms with Crippen molar-refractivity contribution in [2.24, 2.45) is 16.8 Å². The maximum absolute atomic E-state index is 11.8. The number of hydrogen-bond acceptors (Lipinski definition) is 5. The van der Waals surface area contributed by atoms with Crippen molar-refractivity contribution in [3.05, 3.63) is 0 Å². The summed E-state index contributed by atoms with van der Waals surface area (Å²) in [5.74, 6) is 1.86. The van der Waals surface area contributed by atoms with Crippen LogP contribution in [-0.2, 0) is 14.2 Å². The van der Waals surface area contributed by atoms with Crippen molar-refractivity contribution in [1.82, 2.24) is 16.0 Å². The van der Waals surface area contributed by atoms with Gasteiger partial charge in [0.25, 0.3) is 0 Å². The molecule has 0 saturated carbocycles. The van der Waals surface area contributed by atoms with E-state index >= 15 is 0 Å². The number of alkyl carbamates (subject to hydrolysis) is 1. The van der Waals surface area contributed by atoms with Crippen LogP contribution in [0.1, 0.15) is 53.4 Å². The minimum absolute atomic E-state index is 0. The molecule has 0 aromatic carbocycles. The molecule has 1 saturated heterocycles. The lowest BCUT2D eigenvalue weighted by molar-refractivity contribution is 0.0203. The molecule has 30 heavy (non-hydrogen) atoms. The largest absolute Gasteiger partial charge is 0.450 e. The standard InChI is InChI=1S/C21H42N4O4.HI/c1-5-22-20(23-10-7-11-28-16-18-8-12-27-13-9-18)24-15-19(14-17(3)4)25-21(26)29-6-2;/h17-19H,5-16H2,1-4H3,(H,25,26)(H2,22,23,24);1H. The highest BCUT2D eigenvalue weighted by molar-refractivity contribution is 14.0. The summed E-state index contributed by atoms with van der Waals surface area (Å²) in [5.41, 5.74) is 0. The Kier molecular flexibility index (Phi) is 18.4. The summed E-state index contributed by atoms with van der Waals surface area (Å²) in [6.07, 6.45) is 3.60. The average Bonchev–Trinajstić information content (AvgIpc) is 2.69. The minimum atomic E-state index is -0.381. The van der Waals surface area contributed by atoms with Gasteiger partial charge in [-0.15, -0.1) is 24.0 Å². The summed E-state index contributed by atoms with van der Waals surface area (Å²) in [7, 11) is 0. The van der Waals surface area contributed by atoms with Crippen LogP contribution in [0.25, 0.3) is 0 Å². The molecular weight excluding hydrogens is 499 g/mol. The summed E-state index contributed by atoms with van der Waals surface area (Å²) in [5, 5.41) is 9.50. The van der Waals surface area contributed by atoms with E-state index in [4.69, 9.17) is 14.2 Å². The molecule has 0 aliphatic carbocycles. The molecule has 1 fully saturated rings. The van der Waals surface area contributed by atoms with Crippen LogP contribution in [0.15, 0.2) is 4.99 Å². The summed E-state index contributed by atoms with van der Waals surface area (Å²) >= 11 is 0. The van der Waals surface area contributed by atoms with Crippen molar-refractivity contribution in [1.29, 1.82) is 0 Å². The van der Waals surface area contributed by atoms with E-state index in [9.17, 15) is 4.79 Å². The number of rotatable bonds is 13. The van der Waals surface area contributed by atoms with Gasteiger partial charge in [0.05, 0.1) is 19.2 Å². The monoisotopic (exact) mass is 542 g/mol. The first kappa shape index (κ1) is 29.2. The summed E-state index contributed by atoms with van der Waals surface area (Å²) in [6, 6.07) is -0.0488. The van der Waals surface area contributed by atoms with E-state index in [1.165, 1.54) is 0 Å². The molecule has 0 aromatic rings. The smallest absolute Gasteiger partial charge is 0.407 e. The molecule has 3 N–H and O–H groups in total. The number of carbonyl (C=O) groups excluding carboxylic acids is 1. The third kappa shape index (κ3) is 15.1. The molecule has 0 bridgehead atoms. The van der Waals surface area contributed by atoms with Gasteiger partial charge in [-0.25, -0.2) is 4.79 Å². The number of nitrogens with zero attached hydrogens (tertiary/aromatic N) is 1. The third-order valence-electron chi connectivity index (χ3n) is 4.62. The second-order valence-corrected chi connectivity index (χ2v) is 7.82. The predicted molar refractivity (Wildman–Crippen MR) is 132 cm³/mol. The Morgan fingerprint density at radius 1 is 1.20 bits per heavy atom. The number of halogens is 1. The average molecular weight is 543 g/mol. The van der Waals surface area contributed by atoms with E-state index in [1.54, 1.807) is 6.92 Å². The summed E-state index contributed by atoms with van der Waals surface area (Å²) in [4.78, 5) is 16.4. The Morgan fingerprint density at radius 3 is 2.57 bits per heavy atom. The van der Waals surface area contributed by atoms with E-state index < -0.39 is 0 Å². The fourth-order valence-electron chi connectivity index (χ4n) is 3.17. The lowest BCUT2D eigenvalue weighted by atomic mass is 10.0. The van der Waals surface area contributed by atoms with E-state index in [2.05, 4.69) is 34.8 Å². The van der Waals surface area contributed by atoms with Crippen molar-refractivity contribution in [2.45, 2.75) is 59.4 Å². The first-order valence-corrected chi connectivity index (χ1v) is 11.2. The number of amides is 1. The van der Waals surface area contributed by atoms with Crippen LogP contribution in [0.2, 0.25) is 0 Å². The molecule has 0 spiro atoms. The van der Waals surface area contributed by atoms with Gasteiger partial charge in [-0.3, -0.25) is 4.99 Å². The first-order chi connectivity index (χ1) is 14.0. The highest BCUT2D eigenvalue weighted by atomic mass is 127. The Labute approximate surface area is 199 Å². The Bertz CT molecular complexity index is 460. The van der Waals surface area contributed by atoms with E-state index in [0.717, 1.165) is 71.2 Å². The molecule has 1 atom stereocenters. The van der Waals surface area contributed by atoms with Crippen LogP contribution >= 0.6 is 24.0 Å². The lowest BCUT2D eigenvalue weighted by Gasteiger charge is -2.21. The van der Waals surface area contributed by atoms with Crippen LogP contribution in [0.4, 0.5) is 4.79 Å². The number of carbonyl (C=O) groups is 1. The second kappa shape index (κ2) is 18.9. The molecule has 1 rings (SSSR count). The van der Waals surface area contributed by atoms with Gasteiger partial charge in [0.15, 0.2) is 5.96 Å². The van der Waals surface area contributed by atoms with E-state index in [1.807, 2.05) is 6.92 Å². The molecule has 1 heterocycles. The fraction of sp³-hybridized carbons (Fsp3) is 0.905. The molecule has 1 aliphatic heterocycles. The number of ether oxygens (including phenoxy) is 3. The van der Waals surface area contributed by atoms with Crippen LogP contribution < -0.4 is 16.0 Å². The molecule has 1 aliphatic rings. The SMILES string of the molecule is CCNC(=NCC(CC(C)C)NC(=O)OCC)NCCCOCC1CCOCC1.I. The van der Waals surface area contributed by atoms with Crippen LogP contribution in [-0.4, -0.2) is 70.8 Å². The predicted octanol–water partition coefficient (Wildman–Crippen LogP) is 3.15. The molecule has 8 nitrogen and oxygen atoms in total. The van der Waals surface area contributed by atoms with Gasteiger partial charge in [-0.2, -0.15) is 0 Å².